The number of benzene rings is 2. The molecule has 1 aliphatic rings. The Balaban J connectivity index is 1.64. The number of ether oxygens (including phenoxy) is 1. The first-order valence-corrected chi connectivity index (χ1v) is 8.91. The normalized spacial score (nSPS) is 13.4. The van der Waals surface area contributed by atoms with E-state index in [0.717, 1.165) is 49.7 Å². The summed E-state index contributed by atoms with van der Waals surface area (Å²) >= 11 is 0. The van der Waals surface area contributed by atoms with Crippen molar-refractivity contribution < 1.29 is 19.4 Å². The number of nitro groups is 2. The van der Waals surface area contributed by atoms with Crippen LogP contribution >= 0.6 is 0 Å². The van der Waals surface area contributed by atoms with Gasteiger partial charge < -0.3 is 9.64 Å². The van der Waals surface area contributed by atoms with Crippen LogP contribution in [0, 0.1) is 20.2 Å². The number of likely N-dealkylation sites (tertiary alicyclic amines) is 1. The molecule has 1 fully saturated rings. The second-order valence-electron chi connectivity index (χ2n) is 6.53. The number of rotatable bonds is 7. The predicted molar refractivity (Wildman–Crippen MR) is 100 cm³/mol. The number of hydrogen-bond donors (Lipinski definition) is 0. The maximum Gasteiger partial charge on any atom is 0.280 e. The largest absolute Gasteiger partial charge is 0.457 e. The topological polar surface area (TPSA) is 116 Å². The van der Waals surface area contributed by atoms with Crippen LogP contribution in [0.2, 0.25) is 0 Å². The zero-order valence-electron chi connectivity index (χ0n) is 15.1. The summed E-state index contributed by atoms with van der Waals surface area (Å²) in [6, 6.07) is 10.1. The minimum atomic E-state index is -0.708. The van der Waals surface area contributed by atoms with Crippen molar-refractivity contribution >= 4 is 17.3 Å². The molecule has 0 saturated carbocycles. The molecule has 0 bridgehead atoms. The first kappa shape index (κ1) is 19.3. The third-order valence-corrected chi connectivity index (χ3v) is 4.54. The molecule has 1 saturated heterocycles. The van der Waals surface area contributed by atoms with E-state index < -0.39 is 21.2 Å². The summed E-state index contributed by atoms with van der Waals surface area (Å²) < 4.78 is 5.54. The summed E-state index contributed by atoms with van der Waals surface area (Å²) in [5, 5.41) is 21.9. The Bertz CT molecular complexity index is 859. The molecule has 2 aromatic rings. The molecule has 2 aromatic carbocycles. The number of nitro benzene ring substituents is 2. The second kappa shape index (κ2) is 8.47. The number of nitrogens with zero attached hydrogens (tertiary/aromatic N) is 3. The van der Waals surface area contributed by atoms with E-state index in [1.165, 1.54) is 0 Å². The summed E-state index contributed by atoms with van der Waals surface area (Å²) in [5.74, 6) is 0.559. The van der Waals surface area contributed by atoms with Gasteiger partial charge in [-0.1, -0.05) is 12.1 Å². The number of amides is 1. The highest BCUT2D eigenvalue weighted by Crippen LogP contribution is 2.30. The molecule has 0 N–H and O–H groups in total. The Labute approximate surface area is 160 Å². The van der Waals surface area contributed by atoms with Gasteiger partial charge in [-0.05, 0) is 37.0 Å². The minimum absolute atomic E-state index is 0.0119. The molecule has 3 rings (SSSR count). The van der Waals surface area contributed by atoms with E-state index >= 15 is 0 Å². The van der Waals surface area contributed by atoms with Gasteiger partial charge in [0.1, 0.15) is 11.5 Å². The molecule has 1 heterocycles. The van der Waals surface area contributed by atoms with Crippen LogP contribution in [0.5, 0.6) is 11.5 Å². The highest BCUT2D eigenvalue weighted by Gasteiger charge is 2.18. The second-order valence-corrected chi connectivity index (χ2v) is 6.53. The zero-order chi connectivity index (χ0) is 20.1. The lowest BCUT2D eigenvalue weighted by molar-refractivity contribution is -0.394. The molecule has 9 heteroatoms. The maximum atomic E-state index is 12.1. The molecule has 0 unspecified atom stereocenters. The average molecular weight is 385 g/mol. The van der Waals surface area contributed by atoms with E-state index in [0.29, 0.717) is 18.6 Å². The lowest BCUT2D eigenvalue weighted by Gasteiger charge is -2.15. The van der Waals surface area contributed by atoms with Crippen molar-refractivity contribution in [3.63, 3.8) is 0 Å². The molecule has 1 amide bonds. The fourth-order valence-electron chi connectivity index (χ4n) is 3.07. The molecule has 9 nitrogen and oxygen atoms in total. The highest BCUT2D eigenvalue weighted by molar-refractivity contribution is 5.76. The highest BCUT2D eigenvalue weighted by atomic mass is 16.6. The van der Waals surface area contributed by atoms with E-state index in [-0.39, 0.29) is 11.7 Å². The molecule has 0 radical (unpaired) electrons. The van der Waals surface area contributed by atoms with Gasteiger partial charge in [0.25, 0.3) is 11.4 Å². The fraction of sp³-hybridized carbons (Fsp3) is 0.316. The smallest absolute Gasteiger partial charge is 0.280 e. The molecule has 146 valence electrons. The molecular weight excluding hydrogens is 366 g/mol. The molecule has 0 aliphatic carbocycles. The molecular formula is C19H19N3O6. The monoisotopic (exact) mass is 385 g/mol. The van der Waals surface area contributed by atoms with Gasteiger partial charge in [-0.15, -0.1) is 0 Å². The van der Waals surface area contributed by atoms with Crippen molar-refractivity contribution in [2.75, 3.05) is 13.1 Å². The van der Waals surface area contributed by atoms with Gasteiger partial charge in [0, 0.05) is 19.5 Å². The van der Waals surface area contributed by atoms with E-state index in [2.05, 4.69) is 0 Å². The number of carbonyl (C=O) groups excluding carboxylic acids is 1. The molecule has 0 spiro atoms. The summed E-state index contributed by atoms with van der Waals surface area (Å²) in [4.78, 5) is 34.4. The van der Waals surface area contributed by atoms with Gasteiger partial charge in [0.2, 0.25) is 5.91 Å². The Morgan fingerprint density at radius 3 is 2.04 bits per heavy atom. The van der Waals surface area contributed by atoms with E-state index in [4.69, 9.17) is 4.74 Å². The van der Waals surface area contributed by atoms with Gasteiger partial charge in [0.15, 0.2) is 0 Å². The van der Waals surface area contributed by atoms with E-state index in [1.54, 1.807) is 24.3 Å². The fourth-order valence-corrected chi connectivity index (χ4v) is 3.07. The van der Waals surface area contributed by atoms with Gasteiger partial charge >= 0.3 is 0 Å². The van der Waals surface area contributed by atoms with Crippen LogP contribution in [0.25, 0.3) is 0 Å². The van der Waals surface area contributed by atoms with Gasteiger partial charge in [-0.3, -0.25) is 25.0 Å². The minimum Gasteiger partial charge on any atom is -0.457 e. The van der Waals surface area contributed by atoms with Gasteiger partial charge in [0.05, 0.1) is 28.0 Å². The number of hydrogen-bond acceptors (Lipinski definition) is 6. The first-order valence-electron chi connectivity index (χ1n) is 8.91. The van der Waals surface area contributed by atoms with Crippen LogP contribution in [-0.4, -0.2) is 33.7 Å². The van der Waals surface area contributed by atoms with Crippen molar-refractivity contribution in [1.29, 1.82) is 0 Å². The van der Waals surface area contributed by atoms with E-state index in [9.17, 15) is 25.0 Å². The summed E-state index contributed by atoms with van der Waals surface area (Å²) in [7, 11) is 0. The maximum absolute atomic E-state index is 12.1. The van der Waals surface area contributed by atoms with E-state index in [1.807, 2.05) is 4.90 Å². The van der Waals surface area contributed by atoms with Gasteiger partial charge in [-0.25, -0.2) is 0 Å². The van der Waals surface area contributed by atoms with Crippen LogP contribution in [0.1, 0.15) is 24.8 Å². The summed E-state index contributed by atoms with van der Waals surface area (Å²) in [6.45, 7) is 1.67. The lowest BCUT2D eigenvalue weighted by atomic mass is 10.1. The van der Waals surface area contributed by atoms with Crippen molar-refractivity contribution in [2.45, 2.75) is 25.7 Å². The van der Waals surface area contributed by atoms with Crippen LogP contribution in [0.15, 0.2) is 42.5 Å². The molecule has 1 aliphatic heterocycles. The molecule has 0 atom stereocenters. The van der Waals surface area contributed by atoms with Crippen molar-refractivity contribution in [1.82, 2.24) is 4.90 Å². The Hall–Kier alpha value is -3.49. The van der Waals surface area contributed by atoms with Crippen molar-refractivity contribution in [2.24, 2.45) is 0 Å². The zero-order valence-corrected chi connectivity index (χ0v) is 15.1. The summed E-state index contributed by atoms with van der Waals surface area (Å²) in [5.41, 5.74) is 0.132. The van der Waals surface area contributed by atoms with Crippen LogP contribution in [-0.2, 0) is 11.2 Å². The Morgan fingerprint density at radius 2 is 1.50 bits per heavy atom. The standard InChI is InChI=1S/C19H19N3O6/c23-19(20-9-1-2-10-20)8-5-14-3-6-17(7-4-14)28-18-12-15(21(24)25)11-16(13-18)22(26)27/h3-4,6-7,11-13H,1-2,5,8-10H2. The Kier molecular flexibility index (Phi) is 5.83. The van der Waals surface area contributed by atoms with Crippen molar-refractivity contribution in [3.05, 3.63) is 68.3 Å². The van der Waals surface area contributed by atoms with Gasteiger partial charge in [-0.2, -0.15) is 0 Å². The van der Waals surface area contributed by atoms with Crippen LogP contribution in [0.3, 0.4) is 0 Å². The van der Waals surface area contributed by atoms with Crippen molar-refractivity contribution in [3.8, 4) is 11.5 Å². The number of non-ortho nitro benzene ring substituents is 2. The SMILES string of the molecule is O=C(CCc1ccc(Oc2cc([N+](=O)[O-])cc([N+](=O)[O-])c2)cc1)N1CCCC1. The molecule has 0 aromatic heterocycles. The molecule has 28 heavy (non-hydrogen) atoms. The average Bonchev–Trinajstić information content (AvgIpc) is 3.22. The Morgan fingerprint density at radius 1 is 0.929 bits per heavy atom. The predicted octanol–water partition coefficient (Wildman–Crippen LogP) is 3.85. The number of aryl methyl sites for hydroxylation is 1. The third kappa shape index (κ3) is 4.81. The third-order valence-electron chi connectivity index (χ3n) is 4.54. The lowest BCUT2D eigenvalue weighted by Crippen LogP contribution is -2.27. The van der Waals surface area contributed by atoms with Crippen LogP contribution < -0.4 is 4.74 Å². The quantitative estimate of drug-likeness (QED) is 0.528. The van der Waals surface area contributed by atoms with Crippen LogP contribution in [0.4, 0.5) is 11.4 Å². The first-order chi connectivity index (χ1) is 13.4. The summed E-state index contributed by atoms with van der Waals surface area (Å²) in [6.07, 6.45) is 3.18. The number of carbonyl (C=O) groups is 1.